The van der Waals surface area contributed by atoms with Crippen molar-refractivity contribution < 1.29 is 14.3 Å². The first-order valence-electron chi connectivity index (χ1n) is 8.75. The van der Waals surface area contributed by atoms with E-state index in [2.05, 4.69) is 59.5 Å². The van der Waals surface area contributed by atoms with Gasteiger partial charge in [0.15, 0.2) is 0 Å². The van der Waals surface area contributed by atoms with Crippen molar-refractivity contribution in [1.29, 1.82) is 0 Å². The van der Waals surface area contributed by atoms with E-state index in [9.17, 15) is 4.79 Å². The van der Waals surface area contributed by atoms with Crippen LogP contribution in [0.5, 0.6) is 0 Å². The summed E-state index contributed by atoms with van der Waals surface area (Å²) in [4.78, 5) is 11.4. The van der Waals surface area contributed by atoms with Gasteiger partial charge in [-0.2, -0.15) is 0 Å². The molecule has 145 valence electrons. The van der Waals surface area contributed by atoms with Gasteiger partial charge in [-0.1, -0.05) is 61.2 Å². The number of hydrogen-bond donors (Lipinski definition) is 2. The molecule has 0 rings (SSSR count). The van der Waals surface area contributed by atoms with Crippen LogP contribution in [0.4, 0.5) is 4.79 Å². The van der Waals surface area contributed by atoms with Gasteiger partial charge in [-0.3, -0.25) is 0 Å². The average molecular weight is 389 g/mol. The Labute approximate surface area is 162 Å². The van der Waals surface area contributed by atoms with Crippen molar-refractivity contribution in [3.8, 4) is 0 Å². The molecule has 0 fully saturated rings. The van der Waals surface area contributed by atoms with Gasteiger partial charge in [0.05, 0.1) is 6.61 Å². The summed E-state index contributed by atoms with van der Waals surface area (Å²) < 4.78 is 10.7. The predicted molar refractivity (Wildman–Crippen MR) is 113 cm³/mol. The van der Waals surface area contributed by atoms with Gasteiger partial charge in [0.25, 0.3) is 0 Å². The molecule has 2 N–H and O–H groups in total. The number of ether oxygens (including phenoxy) is 2. The average Bonchev–Trinajstić information content (AvgIpc) is 2.51. The maximum atomic E-state index is 11.4. The lowest BCUT2D eigenvalue weighted by atomic mass is 9.66. The van der Waals surface area contributed by atoms with Gasteiger partial charge in [0.2, 0.25) is 0 Å². The molecule has 8 heteroatoms. The van der Waals surface area contributed by atoms with Gasteiger partial charge >= 0.3 is 6.09 Å². The van der Waals surface area contributed by atoms with Gasteiger partial charge < -0.3 is 20.1 Å². The van der Waals surface area contributed by atoms with Crippen LogP contribution in [0.2, 0.25) is 5.82 Å². The topological polar surface area (TPSA) is 59.6 Å². The molecule has 0 aromatic rings. The monoisotopic (exact) mass is 389 g/mol. The minimum absolute atomic E-state index is 0.148. The summed E-state index contributed by atoms with van der Waals surface area (Å²) in [5.41, 5.74) is 0. The van der Waals surface area contributed by atoms with Gasteiger partial charge in [0.1, 0.15) is 19.8 Å². The second-order valence-electron chi connectivity index (χ2n) is 6.90. The van der Waals surface area contributed by atoms with E-state index >= 15 is 0 Å². The Morgan fingerprint density at radius 2 is 1.96 bits per heavy atom. The van der Waals surface area contributed by atoms with Crippen molar-refractivity contribution in [2.45, 2.75) is 58.1 Å². The standard InChI is InChI=1S/C17H34BN2O3S2/c1-14(2)18-8-7-9-19-16(21)23-11-10-22-13-24-25-17(5,6)12-20-15(3)4/h7-8,14-15,20H,9-13H2,1-6H3,(H,19,21)/b8-7+. The zero-order valence-electron chi connectivity index (χ0n) is 16.5. The SMILES string of the molecule is CC(C)[B]/C=C/CNC(=O)OCCOCSSC(C)(C)CNC(C)C. The minimum atomic E-state index is -0.416. The first kappa shape index (κ1) is 24.7. The van der Waals surface area contributed by atoms with Gasteiger partial charge in [-0.25, -0.2) is 4.79 Å². The van der Waals surface area contributed by atoms with Crippen LogP contribution in [0, 0.1) is 0 Å². The lowest BCUT2D eigenvalue weighted by Crippen LogP contribution is -2.35. The van der Waals surface area contributed by atoms with Crippen LogP contribution in [0.25, 0.3) is 0 Å². The first-order valence-corrected chi connectivity index (χ1v) is 11.1. The number of carbonyl (C=O) groups is 1. The lowest BCUT2D eigenvalue weighted by Gasteiger charge is -2.24. The fourth-order valence-corrected chi connectivity index (χ4v) is 3.69. The van der Waals surface area contributed by atoms with E-state index in [4.69, 9.17) is 9.47 Å². The first-order chi connectivity index (χ1) is 11.7. The van der Waals surface area contributed by atoms with Gasteiger partial charge in [0, 0.05) is 23.9 Å². The summed E-state index contributed by atoms with van der Waals surface area (Å²) in [5.74, 6) is 3.03. The van der Waals surface area contributed by atoms with Crippen molar-refractivity contribution in [1.82, 2.24) is 10.6 Å². The quantitative estimate of drug-likeness (QED) is 0.203. The maximum absolute atomic E-state index is 11.4. The Balaban J connectivity index is 3.51. The van der Waals surface area contributed by atoms with E-state index in [1.54, 1.807) is 21.6 Å². The van der Waals surface area contributed by atoms with E-state index in [-0.39, 0.29) is 11.4 Å². The zero-order valence-corrected chi connectivity index (χ0v) is 18.1. The Hall–Kier alpha value is -0.305. The minimum Gasteiger partial charge on any atom is -0.447 e. The Kier molecular flexibility index (Phi) is 14.6. The van der Waals surface area contributed by atoms with Gasteiger partial charge in [-0.05, 0) is 13.8 Å². The Morgan fingerprint density at radius 3 is 2.60 bits per heavy atom. The van der Waals surface area contributed by atoms with E-state index in [0.717, 1.165) is 6.54 Å². The molecule has 0 aliphatic heterocycles. The van der Waals surface area contributed by atoms with Crippen LogP contribution < -0.4 is 10.6 Å². The number of nitrogens with one attached hydrogen (secondary N) is 2. The van der Waals surface area contributed by atoms with E-state index in [1.165, 1.54) is 0 Å². The molecule has 0 heterocycles. The lowest BCUT2D eigenvalue weighted by molar-refractivity contribution is 0.0940. The summed E-state index contributed by atoms with van der Waals surface area (Å²) in [6.45, 7) is 15.0. The molecule has 5 nitrogen and oxygen atoms in total. The summed E-state index contributed by atoms with van der Waals surface area (Å²) in [6, 6.07) is 0.494. The van der Waals surface area contributed by atoms with Crippen LogP contribution in [0.15, 0.2) is 12.1 Å². The number of hydrogen-bond acceptors (Lipinski definition) is 6. The van der Waals surface area contributed by atoms with Crippen molar-refractivity contribution in [3.63, 3.8) is 0 Å². The maximum Gasteiger partial charge on any atom is 0.407 e. The molecule has 1 amide bonds. The normalized spacial score (nSPS) is 12.2. The van der Waals surface area contributed by atoms with Crippen molar-refractivity contribution >= 4 is 35.0 Å². The largest absolute Gasteiger partial charge is 0.447 e. The smallest absolute Gasteiger partial charge is 0.407 e. The number of alkyl carbamates (subject to hydrolysis) is 1. The predicted octanol–water partition coefficient (Wildman–Crippen LogP) is 3.89. The highest BCUT2D eigenvalue weighted by Gasteiger charge is 2.18. The molecular formula is C17H34BN2O3S2. The summed E-state index contributed by atoms with van der Waals surface area (Å²) >= 11 is 0. The van der Waals surface area contributed by atoms with E-state index < -0.39 is 6.09 Å². The molecule has 0 saturated carbocycles. The number of carbonyl (C=O) groups excluding carboxylic acids is 1. The molecule has 0 aliphatic carbocycles. The van der Waals surface area contributed by atoms with Crippen molar-refractivity contribution in [2.24, 2.45) is 0 Å². The summed E-state index contributed by atoms with van der Waals surface area (Å²) in [6.07, 6.45) is 1.47. The van der Waals surface area contributed by atoms with Crippen LogP contribution in [0.1, 0.15) is 41.5 Å². The highest BCUT2D eigenvalue weighted by Crippen LogP contribution is 2.35. The van der Waals surface area contributed by atoms with Crippen LogP contribution >= 0.6 is 21.6 Å². The molecule has 0 aromatic heterocycles. The highest BCUT2D eigenvalue weighted by molar-refractivity contribution is 8.77. The van der Waals surface area contributed by atoms with E-state index in [1.807, 2.05) is 12.1 Å². The van der Waals surface area contributed by atoms with Crippen molar-refractivity contribution in [2.75, 3.05) is 32.2 Å². The fourth-order valence-electron chi connectivity index (χ4n) is 1.51. The van der Waals surface area contributed by atoms with Crippen LogP contribution in [-0.2, 0) is 9.47 Å². The molecule has 0 bridgehead atoms. The fraction of sp³-hybridized carbons (Fsp3) is 0.824. The molecule has 0 unspecified atom stereocenters. The summed E-state index contributed by atoms with van der Waals surface area (Å²) in [5, 5.41) is 6.10. The third-order valence-corrected chi connectivity index (χ3v) is 5.78. The number of rotatable bonds is 14. The van der Waals surface area contributed by atoms with Crippen LogP contribution in [-0.4, -0.2) is 56.4 Å². The summed E-state index contributed by atoms with van der Waals surface area (Å²) in [7, 11) is 5.55. The molecule has 0 spiro atoms. The van der Waals surface area contributed by atoms with Gasteiger partial charge in [-0.15, -0.1) is 5.98 Å². The Morgan fingerprint density at radius 1 is 1.24 bits per heavy atom. The molecule has 0 aromatic carbocycles. The second-order valence-corrected chi connectivity index (χ2v) is 9.85. The molecule has 0 aliphatic rings. The van der Waals surface area contributed by atoms with E-state index in [0.29, 0.717) is 30.9 Å². The zero-order chi connectivity index (χ0) is 19.1. The molecule has 25 heavy (non-hydrogen) atoms. The van der Waals surface area contributed by atoms with Crippen molar-refractivity contribution in [3.05, 3.63) is 12.1 Å². The molecule has 1 radical (unpaired) electrons. The third kappa shape index (κ3) is 18.3. The molecule has 0 saturated heterocycles. The third-order valence-electron chi connectivity index (χ3n) is 2.81. The second kappa shape index (κ2) is 14.8. The molecule has 0 atom stereocenters. The van der Waals surface area contributed by atoms with Crippen LogP contribution in [0.3, 0.4) is 0 Å². The Bertz CT molecular complexity index is 381. The molecular weight excluding hydrogens is 355 g/mol. The number of amides is 1. The highest BCUT2D eigenvalue weighted by atomic mass is 33.1.